The van der Waals surface area contributed by atoms with E-state index in [-0.39, 0.29) is 0 Å². The van der Waals surface area contributed by atoms with Gasteiger partial charge in [0.25, 0.3) is 0 Å². The van der Waals surface area contributed by atoms with Crippen LogP contribution in [0.5, 0.6) is 5.75 Å². The zero-order chi connectivity index (χ0) is 17.9. The molecule has 2 aromatic rings. The molecule has 0 N–H and O–H groups in total. The second-order valence-corrected chi connectivity index (χ2v) is 7.19. The van der Waals surface area contributed by atoms with Gasteiger partial charge >= 0.3 is 0 Å². The lowest BCUT2D eigenvalue weighted by molar-refractivity contribution is -0.133. The molecule has 2 fully saturated rings. The number of amides is 1. The molecular formula is C20H26N4O2. The van der Waals surface area contributed by atoms with Gasteiger partial charge in [0.1, 0.15) is 17.3 Å². The number of aryl methyl sites for hydroxylation is 1. The third-order valence-corrected chi connectivity index (χ3v) is 5.20. The zero-order valence-corrected chi connectivity index (χ0v) is 15.4. The largest absolute Gasteiger partial charge is 0.494 e. The Bertz CT molecular complexity index is 782. The van der Waals surface area contributed by atoms with Crippen LogP contribution in [-0.2, 0) is 11.2 Å². The SMILES string of the molecule is COc1ccccc1-n1nc(C2CC2)nc1CCCN1CCCCC1=O. The van der Waals surface area contributed by atoms with Gasteiger partial charge in [-0.2, -0.15) is 5.10 Å². The van der Waals surface area contributed by atoms with Crippen LogP contribution in [0.25, 0.3) is 5.69 Å². The molecule has 2 aliphatic rings. The van der Waals surface area contributed by atoms with Crippen LogP contribution in [-0.4, -0.2) is 45.8 Å². The molecule has 1 aromatic carbocycles. The van der Waals surface area contributed by atoms with Gasteiger partial charge in [-0.05, 0) is 44.2 Å². The van der Waals surface area contributed by atoms with E-state index in [0.29, 0.717) is 18.2 Å². The van der Waals surface area contributed by atoms with E-state index in [1.165, 1.54) is 12.8 Å². The number of hydrogen-bond acceptors (Lipinski definition) is 4. The first-order chi connectivity index (χ1) is 12.8. The number of likely N-dealkylation sites (tertiary alicyclic amines) is 1. The minimum atomic E-state index is 0.293. The lowest BCUT2D eigenvalue weighted by atomic mass is 10.1. The summed E-state index contributed by atoms with van der Waals surface area (Å²) in [5.74, 6) is 3.50. The van der Waals surface area contributed by atoms with Crippen molar-refractivity contribution in [1.29, 1.82) is 0 Å². The van der Waals surface area contributed by atoms with Crippen molar-refractivity contribution < 1.29 is 9.53 Å². The minimum absolute atomic E-state index is 0.293. The van der Waals surface area contributed by atoms with Gasteiger partial charge in [-0.3, -0.25) is 4.79 Å². The predicted molar refractivity (Wildman–Crippen MR) is 98.6 cm³/mol. The topological polar surface area (TPSA) is 60.2 Å². The normalized spacial score (nSPS) is 17.6. The fourth-order valence-corrected chi connectivity index (χ4v) is 3.56. The summed E-state index contributed by atoms with van der Waals surface area (Å²) in [5.41, 5.74) is 0.929. The summed E-state index contributed by atoms with van der Waals surface area (Å²) in [6.07, 6.45) is 6.92. The number of methoxy groups -OCH3 is 1. The summed E-state index contributed by atoms with van der Waals surface area (Å²) in [4.78, 5) is 18.8. The Morgan fingerprint density at radius 1 is 1.23 bits per heavy atom. The maximum atomic E-state index is 12.0. The van der Waals surface area contributed by atoms with Gasteiger partial charge in [-0.25, -0.2) is 9.67 Å². The van der Waals surface area contributed by atoms with Crippen molar-refractivity contribution >= 4 is 5.91 Å². The highest BCUT2D eigenvalue weighted by atomic mass is 16.5. The van der Waals surface area contributed by atoms with E-state index in [2.05, 4.69) is 0 Å². The summed E-state index contributed by atoms with van der Waals surface area (Å²) in [6.45, 7) is 1.70. The smallest absolute Gasteiger partial charge is 0.222 e. The fraction of sp³-hybridized carbons (Fsp3) is 0.550. The Kier molecular flexibility index (Phi) is 4.91. The van der Waals surface area contributed by atoms with Crippen LogP contribution < -0.4 is 4.74 Å². The average Bonchev–Trinajstić information content (AvgIpc) is 3.44. The van der Waals surface area contributed by atoms with Gasteiger partial charge in [0.05, 0.1) is 7.11 Å². The maximum Gasteiger partial charge on any atom is 0.222 e. The number of hydrogen-bond donors (Lipinski definition) is 0. The molecule has 1 amide bonds. The molecule has 0 spiro atoms. The highest BCUT2D eigenvalue weighted by Crippen LogP contribution is 2.38. The summed E-state index contributed by atoms with van der Waals surface area (Å²) in [6, 6.07) is 7.92. The van der Waals surface area contributed by atoms with E-state index in [1.807, 2.05) is 33.8 Å². The molecule has 138 valence electrons. The molecule has 0 radical (unpaired) electrons. The van der Waals surface area contributed by atoms with Crippen molar-refractivity contribution in [2.75, 3.05) is 20.2 Å². The molecule has 26 heavy (non-hydrogen) atoms. The zero-order valence-electron chi connectivity index (χ0n) is 15.4. The third-order valence-electron chi connectivity index (χ3n) is 5.20. The van der Waals surface area contributed by atoms with Gasteiger partial charge < -0.3 is 9.64 Å². The number of aromatic nitrogens is 3. The quantitative estimate of drug-likeness (QED) is 0.767. The molecule has 1 aliphatic carbocycles. The molecule has 6 heteroatoms. The number of nitrogens with zero attached hydrogens (tertiary/aromatic N) is 4. The maximum absolute atomic E-state index is 12.0. The summed E-state index contributed by atoms with van der Waals surface area (Å²) < 4.78 is 7.45. The molecule has 0 atom stereocenters. The fourth-order valence-electron chi connectivity index (χ4n) is 3.56. The first kappa shape index (κ1) is 17.1. The molecular weight excluding hydrogens is 328 g/mol. The molecule has 2 heterocycles. The van der Waals surface area contributed by atoms with E-state index in [0.717, 1.165) is 61.9 Å². The van der Waals surface area contributed by atoms with Crippen LogP contribution in [0.4, 0.5) is 0 Å². The number of carbonyl (C=O) groups excluding carboxylic acids is 1. The van der Waals surface area contributed by atoms with Crippen LogP contribution in [0.2, 0.25) is 0 Å². The van der Waals surface area contributed by atoms with E-state index in [1.54, 1.807) is 7.11 Å². The van der Waals surface area contributed by atoms with E-state index < -0.39 is 0 Å². The summed E-state index contributed by atoms with van der Waals surface area (Å²) in [7, 11) is 1.68. The highest BCUT2D eigenvalue weighted by Gasteiger charge is 2.29. The van der Waals surface area contributed by atoms with Gasteiger partial charge in [0.15, 0.2) is 5.82 Å². The second-order valence-electron chi connectivity index (χ2n) is 7.19. The van der Waals surface area contributed by atoms with E-state index >= 15 is 0 Å². The van der Waals surface area contributed by atoms with Gasteiger partial charge in [-0.1, -0.05) is 12.1 Å². The third kappa shape index (κ3) is 3.59. The minimum Gasteiger partial charge on any atom is -0.494 e. The Morgan fingerprint density at radius 3 is 2.85 bits per heavy atom. The van der Waals surface area contributed by atoms with Crippen LogP contribution in [0, 0.1) is 0 Å². The van der Waals surface area contributed by atoms with Gasteiger partial charge in [0.2, 0.25) is 5.91 Å². The van der Waals surface area contributed by atoms with Crippen molar-refractivity contribution in [3.63, 3.8) is 0 Å². The molecule has 0 unspecified atom stereocenters. The predicted octanol–water partition coefficient (Wildman–Crippen LogP) is 3.10. The number of para-hydroxylation sites is 2. The first-order valence-electron chi connectivity index (χ1n) is 9.63. The number of benzene rings is 1. The molecule has 1 saturated heterocycles. The Hall–Kier alpha value is -2.37. The lowest BCUT2D eigenvalue weighted by Gasteiger charge is -2.26. The Morgan fingerprint density at radius 2 is 2.08 bits per heavy atom. The molecule has 4 rings (SSSR count). The van der Waals surface area contributed by atoms with Crippen molar-refractivity contribution in [1.82, 2.24) is 19.7 Å². The molecule has 1 aromatic heterocycles. The van der Waals surface area contributed by atoms with Crippen LogP contribution in [0.1, 0.15) is 56.1 Å². The van der Waals surface area contributed by atoms with Crippen LogP contribution in [0.3, 0.4) is 0 Å². The molecule has 6 nitrogen and oxygen atoms in total. The Labute approximate surface area is 154 Å². The summed E-state index contributed by atoms with van der Waals surface area (Å²) in [5, 5.41) is 4.78. The van der Waals surface area contributed by atoms with E-state index in [4.69, 9.17) is 14.8 Å². The van der Waals surface area contributed by atoms with Crippen LogP contribution >= 0.6 is 0 Å². The lowest BCUT2D eigenvalue weighted by Crippen LogP contribution is -2.36. The first-order valence-corrected chi connectivity index (χ1v) is 9.63. The highest BCUT2D eigenvalue weighted by molar-refractivity contribution is 5.76. The van der Waals surface area contributed by atoms with Crippen molar-refractivity contribution in [2.24, 2.45) is 0 Å². The number of piperidine rings is 1. The summed E-state index contributed by atoms with van der Waals surface area (Å²) >= 11 is 0. The Balaban J connectivity index is 1.52. The van der Waals surface area contributed by atoms with Crippen molar-refractivity contribution in [2.45, 2.75) is 50.9 Å². The van der Waals surface area contributed by atoms with Crippen LogP contribution in [0.15, 0.2) is 24.3 Å². The molecule has 0 bridgehead atoms. The monoisotopic (exact) mass is 354 g/mol. The van der Waals surface area contributed by atoms with E-state index in [9.17, 15) is 4.79 Å². The molecule has 1 aliphatic heterocycles. The van der Waals surface area contributed by atoms with Crippen molar-refractivity contribution in [3.05, 3.63) is 35.9 Å². The van der Waals surface area contributed by atoms with Crippen molar-refractivity contribution in [3.8, 4) is 11.4 Å². The second kappa shape index (κ2) is 7.48. The van der Waals surface area contributed by atoms with Gasteiger partial charge in [0, 0.05) is 31.8 Å². The number of carbonyl (C=O) groups is 1. The standard InChI is InChI=1S/C20H26N4O2/c1-26-17-8-3-2-7-16(17)24-18(21-20(22-24)15-11-12-15)9-6-14-23-13-5-4-10-19(23)25/h2-3,7-8,15H,4-6,9-14H2,1H3. The van der Waals surface area contributed by atoms with Gasteiger partial charge in [-0.15, -0.1) is 0 Å². The number of ether oxygens (including phenoxy) is 1. The average molecular weight is 354 g/mol. The number of rotatable bonds is 7. The molecule has 1 saturated carbocycles.